The van der Waals surface area contributed by atoms with E-state index in [1.165, 1.54) is 6.92 Å². The second kappa shape index (κ2) is 6.41. The molecule has 1 aromatic carbocycles. The highest BCUT2D eigenvalue weighted by molar-refractivity contribution is 5.80. The first-order valence-electron chi connectivity index (χ1n) is 6.50. The third-order valence-electron chi connectivity index (χ3n) is 3.10. The molecule has 20 heavy (non-hydrogen) atoms. The zero-order valence-electron chi connectivity index (χ0n) is 12.1. The Bertz CT molecular complexity index is 507. The van der Waals surface area contributed by atoms with E-state index in [9.17, 15) is 9.59 Å². The lowest BCUT2D eigenvalue weighted by molar-refractivity contribution is -0.140. The van der Waals surface area contributed by atoms with E-state index in [-0.39, 0.29) is 6.10 Å². The van der Waals surface area contributed by atoms with Crippen molar-refractivity contribution in [1.29, 1.82) is 0 Å². The summed E-state index contributed by atoms with van der Waals surface area (Å²) in [6, 6.07) is 4.92. The largest absolute Gasteiger partial charge is 0.491 e. The van der Waals surface area contributed by atoms with Crippen LogP contribution in [0.3, 0.4) is 0 Å². The minimum Gasteiger partial charge on any atom is -0.491 e. The third kappa shape index (κ3) is 3.73. The molecule has 5 nitrogen and oxygen atoms in total. The van der Waals surface area contributed by atoms with E-state index in [1.807, 2.05) is 13.8 Å². The molecule has 1 aromatic rings. The van der Waals surface area contributed by atoms with Gasteiger partial charge in [-0.1, -0.05) is 6.07 Å². The first-order valence-corrected chi connectivity index (χ1v) is 6.50. The number of hydrogen-bond donors (Lipinski definition) is 2. The summed E-state index contributed by atoms with van der Waals surface area (Å²) in [7, 11) is 0. The Morgan fingerprint density at radius 1 is 0.950 bits per heavy atom. The Kier molecular flexibility index (Phi) is 5.13. The standard InChI is InChI=1S/C15H20O5/c1-8(2)20-11-5-6-12(9(3)14(16)17)13(7-11)10(4)15(18)19/h5-10H,1-4H3,(H,16,17)(H,18,19). The van der Waals surface area contributed by atoms with Gasteiger partial charge in [-0.15, -0.1) is 0 Å². The molecule has 2 atom stereocenters. The van der Waals surface area contributed by atoms with Gasteiger partial charge in [-0.3, -0.25) is 9.59 Å². The van der Waals surface area contributed by atoms with E-state index in [0.717, 1.165) is 0 Å². The fraction of sp³-hybridized carbons (Fsp3) is 0.467. The molecule has 2 unspecified atom stereocenters. The molecule has 0 radical (unpaired) electrons. The maximum absolute atomic E-state index is 11.2. The Hall–Kier alpha value is -2.04. The highest BCUT2D eigenvalue weighted by atomic mass is 16.5. The van der Waals surface area contributed by atoms with Crippen molar-refractivity contribution in [3.63, 3.8) is 0 Å². The van der Waals surface area contributed by atoms with Gasteiger partial charge in [0.2, 0.25) is 0 Å². The topological polar surface area (TPSA) is 83.8 Å². The molecule has 0 saturated carbocycles. The molecule has 1 rings (SSSR count). The van der Waals surface area contributed by atoms with Crippen LogP contribution in [0.5, 0.6) is 5.75 Å². The number of rotatable bonds is 6. The van der Waals surface area contributed by atoms with Crippen LogP contribution in [0.2, 0.25) is 0 Å². The van der Waals surface area contributed by atoms with Gasteiger partial charge in [-0.05, 0) is 51.0 Å². The Labute approximate surface area is 118 Å². The minimum absolute atomic E-state index is 0.0364. The van der Waals surface area contributed by atoms with E-state index in [1.54, 1.807) is 25.1 Å². The summed E-state index contributed by atoms with van der Waals surface area (Å²) in [6.45, 7) is 6.82. The second-order valence-corrected chi connectivity index (χ2v) is 5.08. The smallest absolute Gasteiger partial charge is 0.310 e. The maximum Gasteiger partial charge on any atom is 0.310 e. The van der Waals surface area contributed by atoms with Crippen LogP contribution in [0.1, 0.15) is 50.7 Å². The molecule has 0 bridgehead atoms. The number of aliphatic carboxylic acids is 2. The summed E-state index contributed by atoms with van der Waals surface area (Å²) < 4.78 is 5.54. The fourth-order valence-corrected chi connectivity index (χ4v) is 1.93. The molecule has 0 amide bonds. The first-order chi connectivity index (χ1) is 9.23. The molecular weight excluding hydrogens is 260 g/mol. The van der Waals surface area contributed by atoms with Gasteiger partial charge in [-0.2, -0.15) is 0 Å². The normalized spacial score (nSPS) is 13.8. The van der Waals surface area contributed by atoms with Gasteiger partial charge in [0.1, 0.15) is 5.75 Å². The van der Waals surface area contributed by atoms with Crippen LogP contribution in [0.4, 0.5) is 0 Å². The third-order valence-corrected chi connectivity index (χ3v) is 3.10. The molecule has 0 aliphatic heterocycles. The summed E-state index contributed by atoms with van der Waals surface area (Å²) in [5.41, 5.74) is 0.981. The van der Waals surface area contributed by atoms with Crippen LogP contribution in [-0.2, 0) is 9.59 Å². The Balaban J connectivity index is 3.29. The molecule has 0 heterocycles. The molecule has 5 heteroatoms. The summed E-state index contributed by atoms with van der Waals surface area (Å²) >= 11 is 0. The van der Waals surface area contributed by atoms with E-state index < -0.39 is 23.8 Å². The van der Waals surface area contributed by atoms with Crippen LogP contribution in [-0.4, -0.2) is 28.3 Å². The van der Waals surface area contributed by atoms with Gasteiger partial charge in [-0.25, -0.2) is 0 Å². The maximum atomic E-state index is 11.2. The van der Waals surface area contributed by atoms with Crippen LogP contribution in [0, 0.1) is 0 Å². The summed E-state index contributed by atoms with van der Waals surface area (Å²) in [5.74, 6) is -2.99. The van der Waals surface area contributed by atoms with E-state index in [2.05, 4.69) is 0 Å². The quantitative estimate of drug-likeness (QED) is 0.837. The van der Waals surface area contributed by atoms with Gasteiger partial charge in [0.25, 0.3) is 0 Å². The van der Waals surface area contributed by atoms with E-state index in [4.69, 9.17) is 14.9 Å². The average molecular weight is 280 g/mol. The monoisotopic (exact) mass is 280 g/mol. The lowest BCUT2D eigenvalue weighted by Gasteiger charge is -2.19. The van der Waals surface area contributed by atoms with Crippen molar-refractivity contribution in [1.82, 2.24) is 0 Å². The number of ether oxygens (including phenoxy) is 1. The SMILES string of the molecule is CC(C)Oc1ccc(C(C)C(=O)O)c(C(C)C(=O)O)c1. The van der Waals surface area contributed by atoms with Crippen molar-refractivity contribution >= 4 is 11.9 Å². The molecular formula is C15H20O5. The Morgan fingerprint density at radius 2 is 1.45 bits per heavy atom. The predicted octanol–water partition coefficient (Wildman–Crippen LogP) is 2.85. The fourth-order valence-electron chi connectivity index (χ4n) is 1.93. The second-order valence-electron chi connectivity index (χ2n) is 5.08. The minimum atomic E-state index is -0.995. The molecule has 0 aliphatic rings. The summed E-state index contributed by atoms with van der Waals surface area (Å²) in [4.78, 5) is 22.3. The zero-order chi connectivity index (χ0) is 15.4. The van der Waals surface area contributed by atoms with Crippen molar-refractivity contribution in [2.24, 2.45) is 0 Å². The number of carboxylic acid groups (broad SMARTS) is 2. The van der Waals surface area contributed by atoms with Crippen LogP contribution >= 0.6 is 0 Å². The molecule has 0 fully saturated rings. The lowest BCUT2D eigenvalue weighted by atomic mass is 9.89. The molecule has 0 saturated heterocycles. The lowest BCUT2D eigenvalue weighted by Crippen LogP contribution is -2.16. The van der Waals surface area contributed by atoms with Crippen LogP contribution in [0.25, 0.3) is 0 Å². The molecule has 0 spiro atoms. The van der Waals surface area contributed by atoms with Crippen molar-refractivity contribution in [2.45, 2.75) is 45.6 Å². The molecule has 0 aliphatic carbocycles. The molecule has 0 aromatic heterocycles. The Morgan fingerprint density at radius 3 is 1.90 bits per heavy atom. The zero-order valence-corrected chi connectivity index (χ0v) is 12.1. The van der Waals surface area contributed by atoms with Crippen LogP contribution < -0.4 is 4.74 Å². The van der Waals surface area contributed by atoms with Gasteiger partial charge < -0.3 is 14.9 Å². The van der Waals surface area contributed by atoms with Gasteiger partial charge in [0.05, 0.1) is 17.9 Å². The number of benzene rings is 1. The average Bonchev–Trinajstić information content (AvgIpc) is 2.35. The molecule has 110 valence electrons. The van der Waals surface area contributed by atoms with E-state index in [0.29, 0.717) is 16.9 Å². The highest BCUT2D eigenvalue weighted by Gasteiger charge is 2.24. The first kappa shape index (κ1) is 16.0. The van der Waals surface area contributed by atoms with Crippen LogP contribution in [0.15, 0.2) is 18.2 Å². The van der Waals surface area contributed by atoms with Crippen molar-refractivity contribution in [3.05, 3.63) is 29.3 Å². The van der Waals surface area contributed by atoms with Gasteiger partial charge in [0.15, 0.2) is 0 Å². The van der Waals surface area contributed by atoms with Crippen molar-refractivity contribution < 1.29 is 24.5 Å². The van der Waals surface area contributed by atoms with Crippen molar-refractivity contribution in [2.75, 3.05) is 0 Å². The number of carbonyl (C=O) groups is 2. The van der Waals surface area contributed by atoms with Gasteiger partial charge >= 0.3 is 11.9 Å². The van der Waals surface area contributed by atoms with Crippen molar-refractivity contribution in [3.8, 4) is 5.75 Å². The van der Waals surface area contributed by atoms with E-state index >= 15 is 0 Å². The highest BCUT2D eigenvalue weighted by Crippen LogP contribution is 2.31. The number of carboxylic acids is 2. The predicted molar refractivity (Wildman–Crippen MR) is 74.3 cm³/mol. The van der Waals surface area contributed by atoms with Gasteiger partial charge in [0, 0.05) is 0 Å². The summed E-state index contributed by atoms with van der Waals surface area (Å²) in [5, 5.41) is 18.3. The molecule has 2 N–H and O–H groups in total. The summed E-state index contributed by atoms with van der Waals surface area (Å²) in [6.07, 6.45) is -0.0364. The number of hydrogen-bond acceptors (Lipinski definition) is 3.